The molecule has 1 aliphatic rings. The Hall–Kier alpha value is -2.67. The van der Waals surface area contributed by atoms with Gasteiger partial charge < -0.3 is 14.4 Å². The minimum absolute atomic E-state index is 0.106. The Morgan fingerprint density at radius 1 is 1.43 bits per heavy atom. The molecule has 2 aromatic rings. The number of aliphatic carboxylic acids is 1. The summed E-state index contributed by atoms with van der Waals surface area (Å²) in [4.78, 5) is 24.9. The summed E-state index contributed by atoms with van der Waals surface area (Å²) in [6.45, 7) is 1.37. The summed E-state index contributed by atoms with van der Waals surface area (Å²) >= 11 is 0. The van der Waals surface area contributed by atoms with E-state index in [0.29, 0.717) is 25.4 Å². The lowest BCUT2D eigenvalue weighted by Crippen LogP contribution is -2.36. The number of carbonyl (C=O) groups is 2. The molecule has 1 unspecified atom stereocenters. The summed E-state index contributed by atoms with van der Waals surface area (Å²) in [6.07, 6.45) is 0. The molecule has 1 N–H and O–H groups in total. The third-order valence-electron chi connectivity index (χ3n) is 3.90. The van der Waals surface area contributed by atoms with Crippen molar-refractivity contribution in [3.8, 4) is 0 Å². The van der Waals surface area contributed by atoms with Crippen LogP contribution in [0.4, 0.5) is 0 Å². The van der Waals surface area contributed by atoms with Gasteiger partial charge >= 0.3 is 11.9 Å². The second-order valence-corrected chi connectivity index (χ2v) is 5.43. The molecule has 0 saturated carbocycles. The van der Waals surface area contributed by atoms with Gasteiger partial charge in [0.15, 0.2) is 11.5 Å². The maximum absolute atomic E-state index is 11.5. The van der Waals surface area contributed by atoms with Crippen molar-refractivity contribution in [2.24, 2.45) is 0 Å². The molecular formula is C16H16N2O5. The first-order chi connectivity index (χ1) is 11.1. The van der Waals surface area contributed by atoms with Gasteiger partial charge in [0.05, 0.1) is 19.6 Å². The Bertz CT molecular complexity index is 740. The van der Waals surface area contributed by atoms with E-state index in [1.165, 1.54) is 13.2 Å². The van der Waals surface area contributed by atoms with E-state index in [0.717, 1.165) is 11.1 Å². The number of esters is 1. The Kier molecular flexibility index (Phi) is 4.12. The zero-order valence-corrected chi connectivity index (χ0v) is 12.6. The first kappa shape index (κ1) is 15.2. The zero-order chi connectivity index (χ0) is 16.4. The molecule has 7 nitrogen and oxygen atoms in total. The lowest BCUT2D eigenvalue weighted by atomic mass is 9.90. The van der Waals surface area contributed by atoms with Gasteiger partial charge in [0.25, 0.3) is 0 Å². The summed E-state index contributed by atoms with van der Waals surface area (Å²) in [5.41, 5.74) is 1.94. The van der Waals surface area contributed by atoms with E-state index in [1.807, 2.05) is 29.2 Å². The van der Waals surface area contributed by atoms with Crippen LogP contribution in [0.1, 0.15) is 33.3 Å². The summed E-state index contributed by atoms with van der Waals surface area (Å²) in [5.74, 6) is -1.50. The number of aromatic nitrogens is 1. The van der Waals surface area contributed by atoms with Gasteiger partial charge in [-0.25, -0.2) is 4.79 Å². The van der Waals surface area contributed by atoms with Gasteiger partial charge in [-0.05, 0) is 11.1 Å². The Balaban J connectivity index is 1.78. The van der Waals surface area contributed by atoms with Crippen LogP contribution in [0.5, 0.6) is 0 Å². The van der Waals surface area contributed by atoms with Crippen LogP contribution in [0.2, 0.25) is 0 Å². The predicted molar refractivity (Wildman–Crippen MR) is 78.8 cm³/mol. The molecule has 0 spiro atoms. The molecule has 1 aromatic heterocycles. The number of benzene rings is 1. The fourth-order valence-electron chi connectivity index (χ4n) is 2.82. The molecule has 7 heteroatoms. The van der Waals surface area contributed by atoms with Crippen LogP contribution in [0.3, 0.4) is 0 Å². The summed E-state index contributed by atoms with van der Waals surface area (Å²) in [7, 11) is 1.27. The topological polar surface area (TPSA) is 92.9 Å². The molecule has 1 aliphatic heterocycles. The van der Waals surface area contributed by atoms with E-state index in [1.54, 1.807) is 0 Å². The zero-order valence-electron chi connectivity index (χ0n) is 12.6. The number of ether oxygens (including phenoxy) is 1. The van der Waals surface area contributed by atoms with Gasteiger partial charge in [-0.3, -0.25) is 9.69 Å². The van der Waals surface area contributed by atoms with Crippen molar-refractivity contribution in [2.75, 3.05) is 13.7 Å². The average Bonchev–Trinajstić information content (AvgIpc) is 3.01. The van der Waals surface area contributed by atoms with Gasteiger partial charge in [-0.2, -0.15) is 0 Å². The first-order valence-corrected chi connectivity index (χ1v) is 7.15. The second-order valence-electron chi connectivity index (χ2n) is 5.43. The molecule has 1 atom stereocenters. The van der Waals surface area contributed by atoms with Crippen LogP contribution in [-0.2, 0) is 22.6 Å². The third kappa shape index (κ3) is 3.09. The highest BCUT2D eigenvalue weighted by molar-refractivity contribution is 5.86. The van der Waals surface area contributed by atoms with Crippen molar-refractivity contribution in [1.29, 1.82) is 0 Å². The van der Waals surface area contributed by atoms with E-state index in [-0.39, 0.29) is 5.69 Å². The number of hydrogen-bond acceptors (Lipinski definition) is 6. The average molecular weight is 316 g/mol. The van der Waals surface area contributed by atoms with Crippen LogP contribution in [0.25, 0.3) is 0 Å². The number of nitrogens with zero attached hydrogens (tertiary/aromatic N) is 2. The molecule has 0 radical (unpaired) electrons. The summed E-state index contributed by atoms with van der Waals surface area (Å²) < 4.78 is 9.72. The van der Waals surface area contributed by atoms with Crippen LogP contribution < -0.4 is 0 Å². The van der Waals surface area contributed by atoms with Crippen molar-refractivity contribution in [1.82, 2.24) is 10.1 Å². The van der Waals surface area contributed by atoms with E-state index in [2.05, 4.69) is 9.89 Å². The largest absolute Gasteiger partial charge is 0.481 e. The first-order valence-electron chi connectivity index (χ1n) is 7.15. The van der Waals surface area contributed by atoms with Crippen molar-refractivity contribution in [2.45, 2.75) is 19.0 Å². The van der Waals surface area contributed by atoms with Crippen LogP contribution >= 0.6 is 0 Å². The SMILES string of the molecule is COC(=O)c1cc(CN2Cc3ccccc3C(C(=O)O)C2)on1. The van der Waals surface area contributed by atoms with Gasteiger partial charge in [0.1, 0.15) is 0 Å². The van der Waals surface area contributed by atoms with E-state index >= 15 is 0 Å². The quantitative estimate of drug-likeness (QED) is 0.857. The van der Waals surface area contributed by atoms with Gasteiger partial charge in [-0.1, -0.05) is 29.4 Å². The smallest absolute Gasteiger partial charge is 0.360 e. The fraction of sp³-hybridized carbons (Fsp3) is 0.312. The number of carboxylic acid groups (broad SMARTS) is 1. The van der Waals surface area contributed by atoms with E-state index in [4.69, 9.17) is 4.52 Å². The summed E-state index contributed by atoms with van der Waals surface area (Å²) in [6, 6.07) is 9.05. The normalized spacial score (nSPS) is 17.5. The van der Waals surface area contributed by atoms with Crippen molar-refractivity contribution < 1.29 is 24.0 Å². The molecule has 0 bridgehead atoms. The van der Waals surface area contributed by atoms with E-state index < -0.39 is 17.9 Å². The Morgan fingerprint density at radius 2 is 2.22 bits per heavy atom. The highest BCUT2D eigenvalue weighted by Gasteiger charge is 2.30. The monoisotopic (exact) mass is 316 g/mol. The number of rotatable bonds is 4. The van der Waals surface area contributed by atoms with Crippen LogP contribution in [0, 0.1) is 0 Å². The molecule has 0 fully saturated rings. The number of carboxylic acids is 1. The molecule has 0 aliphatic carbocycles. The highest BCUT2D eigenvalue weighted by atomic mass is 16.5. The van der Waals surface area contributed by atoms with Crippen molar-refractivity contribution >= 4 is 11.9 Å². The van der Waals surface area contributed by atoms with Gasteiger partial charge in [0.2, 0.25) is 0 Å². The minimum atomic E-state index is -0.852. The van der Waals surface area contributed by atoms with E-state index in [9.17, 15) is 14.7 Å². The Morgan fingerprint density at radius 3 is 2.96 bits per heavy atom. The minimum Gasteiger partial charge on any atom is -0.481 e. The number of fused-ring (bicyclic) bond motifs is 1. The highest BCUT2D eigenvalue weighted by Crippen LogP contribution is 2.29. The van der Waals surface area contributed by atoms with Gasteiger partial charge in [-0.15, -0.1) is 0 Å². The van der Waals surface area contributed by atoms with Crippen LogP contribution in [0.15, 0.2) is 34.9 Å². The van der Waals surface area contributed by atoms with Gasteiger partial charge in [0, 0.05) is 19.2 Å². The lowest BCUT2D eigenvalue weighted by molar-refractivity contribution is -0.139. The Labute approximate surface area is 132 Å². The molecule has 0 saturated heterocycles. The van der Waals surface area contributed by atoms with Crippen LogP contribution in [-0.4, -0.2) is 40.8 Å². The second kappa shape index (κ2) is 6.21. The number of methoxy groups -OCH3 is 1. The number of carbonyl (C=O) groups excluding carboxylic acids is 1. The standard InChI is InChI=1S/C16H16N2O5/c1-22-16(21)14-6-11(23-17-14)8-18-7-10-4-2-3-5-12(10)13(9-18)15(19)20/h2-6,13H,7-9H2,1H3,(H,19,20). The molecule has 23 heavy (non-hydrogen) atoms. The molecule has 2 heterocycles. The molecule has 1 aromatic carbocycles. The maximum atomic E-state index is 11.5. The molecule has 0 amide bonds. The number of hydrogen-bond donors (Lipinski definition) is 1. The van der Waals surface area contributed by atoms with Crippen molar-refractivity contribution in [3.63, 3.8) is 0 Å². The fourth-order valence-corrected chi connectivity index (χ4v) is 2.82. The molecule has 120 valence electrons. The van der Waals surface area contributed by atoms with Crippen molar-refractivity contribution in [3.05, 3.63) is 52.9 Å². The molecular weight excluding hydrogens is 300 g/mol. The predicted octanol–water partition coefficient (Wildman–Crippen LogP) is 1.65. The maximum Gasteiger partial charge on any atom is 0.360 e. The molecule has 3 rings (SSSR count). The lowest BCUT2D eigenvalue weighted by Gasteiger charge is -2.31. The summed E-state index contributed by atoms with van der Waals surface area (Å²) in [5, 5.41) is 13.1. The third-order valence-corrected chi connectivity index (χ3v) is 3.90.